The number of phosphoric acid groups is 1. The highest BCUT2D eigenvalue weighted by atomic mass is 31.2. The van der Waals surface area contributed by atoms with Gasteiger partial charge in [-0.05, 0) is 77.0 Å². The second-order valence-electron chi connectivity index (χ2n) is 13.3. The van der Waals surface area contributed by atoms with Gasteiger partial charge in [-0.3, -0.25) is 18.6 Å². The monoisotopic (exact) mass is 768 g/mol. The largest absolute Gasteiger partial charge is 0.472 e. The Labute approximate surface area is 321 Å². The van der Waals surface area contributed by atoms with E-state index in [1.807, 2.05) is 0 Å². The van der Waals surface area contributed by atoms with Crippen molar-refractivity contribution in [1.29, 1.82) is 0 Å². The Hall–Kier alpha value is -2.33. The number of rotatable bonds is 37. The molecule has 0 aliphatic rings. The van der Waals surface area contributed by atoms with Crippen LogP contribution >= 0.6 is 7.82 Å². The number of allylic oxidation sites excluding steroid dienone is 10. The van der Waals surface area contributed by atoms with Gasteiger partial charge in [0.1, 0.15) is 12.7 Å². The van der Waals surface area contributed by atoms with Crippen molar-refractivity contribution in [2.24, 2.45) is 0 Å². The predicted molar refractivity (Wildman–Crippen MR) is 214 cm³/mol. The van der Waals surface area contributed by atoms with Crippen LogP contribution in [0.4, 0.5) is 0 Å². The number of carbonyl (C=O) groups excluding carboxylic acids is 2. The van der Waals surface area contributed by atoms with E-state index in [0.29, 0.717) is 12.8 Å². The summed E-state index contributed by atoms with van der Waals surface area (Å²) in [6.45, 7) is 2.23. The van der Waals surface area contributed by atoms with Gasteiger partial charge >= 0.3 is 19.8 Å². The van der Waals surface area contributed by atoms with Crippen molar-refractivity contribution in [3.8, 4) is 0 Å². The number of esters is 2. The molecule has 0 aromatic heterocycles. The molecule has 0 saturated heterocycles. The lowest BCUT2D eigenvalue weighted by Crippen LogP contribution is -2.29. The average molecular weight is 769 g/mol. The summed E-state index contributed by atoms with van der Waals surface area (Å²) in [5.41, 5.74) is 0. The Balaban J connectivity index is 4.43. The van der Waals surface area contributed by atoms with Crippen LogP contribution in [-0.2, 0) is 32.7 Å². The number of unbranched alkanes of at least 4 members (excludes halogenated alkanes) is 13. The number of hydrogen-bond acceptors (Lipinski definition) is 9. The molecule has 0 aromatic rings. The van der Waals surface area contributed by atoms with E-state index in [9.17, 15) is 24.2 Å². The van der Waals surface area contributed by atoms with Gasteiger partial charge in [0.25, 0.3) is 0 Å². The van der Waals surface area contributed by atoms with E-state index >= 15 is 0 Å². The van der Waals surface area contributed by atoms with Gasteiger partial charge in [-0.2, -0.15) is 0 Å². The Morgan fingerprint density at radius 3 is 1.58 bits per heavy atom. The van der Waals surface area contributed by atoms with Crippen molar-refractivity contribution in [1.82, 2.24) is 0 Å². The Morgan fingerprint density at radius 2 is 1.02 bits per heavy atom. The maximum absolute atomic E-state index is 12.6. The molecule has 1 unspecified atom stereocenters. The van der Waals surface area contributed by atoms with Crippen LogP contribution in [0.3, 0.4) is 0 Å². The molecule has 0 aliphatic heterocycles. The highest BCUT2D eigenvalue weighted by Crippen LogP contribution is 2.43. The Bertz CT molecular complexity index is 1070. The van der Waals surface area contributed by atoms with Crippen molar-refractivity contribution in [2.75, 3.05) is 26.4 Å². The standard InChI is InChI=1S/C42H73O10P/c1-3-5-7-9-11-13-15-17-18-19-20-22-24-26-28-30-32-34-42(46)52-40(38-51-53(47,48)50-36-39(44)35-43)37-49-41(45)33-31-29-27-25-23-21-16-14-12-10-8-6-4-2/h7,9,13-16,18-19,22,24,39-40,43-44H,3-6,8,10-12,17,20-21,23,25-38H2,1-2H3,(H,47,48)/b9-7+,15-13+,16-14+,19-18+,24-22+/t39-,40+/m0/s1. The van der Waals surface area contributed by atoms with Crippen LogP contribution < -0.4 is 0 Å². The topological polar surface area (TPSA) is 149 Å². The molecule has 0 aromatic carbocycles. The molecule has 0 bridgehead atoms. The molecule has 0 saturated carbocycles. The van der Waals surface area contributed by atoms with Gasteiger partial charge in [-0.25, -0.2) is 4.57 Å². The van der Waals surface area contributed by atoms with Gasteiger partial charge in [0.2, 0.25) is 0 Å². The third-order valence-corrected chi connectivity index (χ3v) is 9.08. The molecular weight excluding hydrogens is 695 g/mol. The molecule has 0 heterocycles. The first-order valence-electron chi connectivity index (χ1n) is 20.2. The molecule has 0 rings (SSSR count). The van der Waals surface area contributed by atoms with E-state index in [0.717, 1.165) is 83.5 Å². The zero-order valence-electron chi connectivity index (χ0n) is 33.0. The van der Waals surface area contributed by atoms with Gasteiger partial charge in [0.15, 0.2) is 6.10 Å². The zero-order valence-corrected chi connectivity index (χ0v) is 33.9. The Morgan fingerprint density at radius 1 is 0.566 bits per heavy atom. The summed E-state index contributed by atoms with van der Waals surface area (Å²) in [7, 11) is -4.63. The minimum atomic E-state index is -4.63. The van der Waals surface area contributed by atoms with Crippen LogP contribution in [-0.4, -0.2) is 65.7 Å². The first kappa shape index (κ1) is 50.7. The fourth-order valence-electron chi connectivity index (χ4n) is 4.98. The van der Waals surface area contributed by atoms with Gasteiger partial charge in [0.05, 0.1) is 19.8 Å². The number of aliphatic hydroxyl groups is 2. The maximum atomic E-state index is 12.6. The lowest BCUT2D eigenvalue weighted by molar-refractivity contribution is -0.161. The first-order chi connectivity index (χ1) is 25.7. The summed E-state index contributed by atoms with van der Waals surface area (Å²) in [5.74, 6) is -0.977. The highest BCUT2D eigenvalue weighted by Gasteiger charge is 2.27. The van der Waals surface area contributed by atoms with Gasteiger partial charge in [-0.1, -0.05) is 126 Å². The molecule has 53 heavy (non-hydrogen) atoms. The highest BCUT2D eigenvalue weighted by molar-refractivity contribution is 7.47. The van der Waals surface area contributed by atoms with E-state index in [4.69, 9.17) is 19.1 Å². The molecule has 0 radical (unpaired) electrons. The number of phosphoric ester groups is 1. The molecule has 3 atom stereocenters. The molecule has 0 amide bonds. The van der Waals surface area contributed by atoms with Crippen molar-refractivity contribution in [3.05, 3.63) is 60.8 Å². The van der Waals surface area contributed by atoms with E-state index in [1.165, 1.54) is 32.1 Å². The van der Waals surface area contributed by atoms with Crippen LogP contribution in [0.15, 0.2) is 60.8 Å². The fraction of sp³-hybridized carbons (Fsp3) is 0.714. The molecule has 0 aliphatic carbocycles. The van der Waals surface area contributed by atoms with Crippen LogP contribution in [0.25, 0.3) is 0 Å². The summed E-state index contributed by atoms with van der Waals surface area (Å²) in [5, 5.41) is 18.3. The van der Waals surface area contributed by atoms with Crippen molar-refractivity contribution >= 4 is 19.8 Å². The van der Waals surface area contributed by atoms with Crippen LogP contribution in [0.2, 0.25) is 0 Å². The van der Waals surface area contributed by atoms with Crippen LogP contribution in [0, 0.1) is 0 Å². The maximum Gasteiger partial charge on any atom is 0.472 e. The van der Waals surface area contributed by atoms with E-state index in [1.54, 1.807) is 0 Å². The summed E-state index contributed by atoms with van der Waals surface area (Å²) in [6, 6.07) is 0. The molecule has 10 nitrogen and oxygen atoms in total. The van der Waals surface area contributed by atoms with Crippen molar-refractivity contribution in [3.63, 3.8) is 0 Å². The quantitative estimate of drug-likeness (QED) is 0.0241. The molecule has 0 spiro atoms. The number of carbonyl (C=O) groups is 2. The van der Waals surface area contributed by atoms with Crippen LogP contribution in [0.5, 0.6) is 0 Å². The third kappa shape index (κ3) is 37.8. The van der Waals surface area contributed by atoms with Crippen molar-refractivity contribution in [2.45, 2.75) is 167 Å². The molecule has 11 heteroatoms. The molecule has 3 N–H and O–H groups in total. The predicted octanol–water partition coefficient (Wildman–Crippen LogP) is 10.3. The lowest BCUT2D eigenvalue weighted by Gasteiger charge is -2.20. The van der Waals surface area contributed by atoms with Crippen molar-refractivity contribution < 1.29 is 47.8 Å². The minimum Gasteiger partial charge on any atom is -0.462 e. The Kier molecular flexibility index (Phi) is 36.3. The smallest absolute Gasteiger partial charge is 0.462 e. The second kappa shape index (κ2) is 38.0. The summed E-state index contributed by atoms with van der Waals surface area (Å²) >= 11 is 0. The SMILES string of the molecule is CCC/C=C/C/C=C/C/C=C/C/C=C/CCCCCC(=O)O[C@H](COC(=O)CCCCCCC/C=C/CCCCCC)COP(=O)(O)OC[C@@H](O)CO. The fourth-order valence-corrected chi connectivity index (χ4v) is 5.77. The lowest BCUT2D eigenvalue weighted by atomic mass is 10.1. The normalized spacial score (nSPS) is 14.6. The molecule has 0 fully saturated rings. The van der Waals surface area contributed by atoms with E-state index in [-0.39, 0.29) is 19.4 Å². The summed E-state index contributed by atoms with van der Waals surface area (Å²) < 4.78 is 32.6. The summed E-state index contributed by atoms with van der Waals surface area (Å²) in [4.78, 5) is 34.9. The van der Waals surface area contributed by atoms with Gasteiger partial charge in [0, 0.05) is 12.8 Å². The average Bonchev–Trinajstić information content (AvgIpc) is 3.14. The van der Waals surface area contributed by atoms with Gasteiger partial charge < -0.3 is 24.6 Å². The molecular formula is C42H73O10P. The van der Waals surface area contributed by atoms with Crippen LogP contribution in [0.1, 0.15) is 155 Å². The van der Waals surface area contributed by atoms with Gasteiger partial charge in [-0.15, -0.1) is 0 Å². The second-order valence-corrected chi connectivity index (χ2v) is 14.8. The first-order valence-corrected chi connectivity index (χ1v) is 21.7. The van der Waals surface area contributed by atoms with E-state index in [2.05, 4.69) is 79.1 Å². The summed E-state index contributed by atoms with van der Waals surface area (Å²) in [6.07, 6.45) is 40.4. The van der Waals surface area contributed by atoms with E-state index < -0.39 is 51.8 Å². The minimum absolute atomic E-state index is 0.142. The number of ether oxygens (including phenoxy) is 2. The number of aliphatic hydroxyl groups excluding tert-OH is 2. The third-order valence-electron chi connectivity index (χ3n) is 8.13. The number of hydrogen-bond donors (Lipinski definition) is 3. The zero-order chi connectivity index (χ0) is 39.1. The molecule has 306 valence electrons.